The van der Waals surface area contributed by atoms with E-state index in [2.05, 4.69) is 37.8 Å². The molecule has 0 aliphatic carbocycles. The first-order valence-corrected chi connectivity index (χ1v) is 8.64. The molecule has 0 heterocycles. The van der Waals surface area contributed by atoms with E-state index < -0.39 is 10.1 Å². The van der Waals surface area contributed by atoms with Gasteiger partial charge in [-0.3, -0.25) is 4.18 Å². The Morgan fingerprint density at radius 1 is 1.15 bits per heavy atom. The summed E-state index contributed by atoms with van der Waals surface area (Å²) >= 11 is 0. The minimum atomic E-state index is -3.53. The molecule has 0 fully saturated rings. The van der Waals surface area contributed by atoms with Crippen LogP contribution in [0.2, 0.25) is 0 Å². The van der Waals surface area contributed by atoms with Gasteiger partial charge in [0.05, 0.1) is 12.0 Å². The van der Waals surface area contributed by atoms with Crippen LogP contribution < -0.4 is 0 Å². The Morgan fingerprint density at radius 3 is 2.40 bits per heavy atom. The third kappa shape index (κ3) is 6.87. The molecule has 20 heavy (non-hydrogen) atoms. The first kappa shape index (κ1) is 16.9. The van der Waals surface area contributed by atoms with Crippen molar-refractivity contribution in [2.24, 2.45) is 0 Å². The Balaban J connectivity index is 2.36. The smallest absolute Gasteiger partial charge is 0.267 e. The van der Waals surface area contributed by atoms with Crippen molar-refractivity contribution in [3.63, 3.8) is 0 Å². The van der Waals surface area contributed by atoms with Gasteiger partial charge in [-0.1, -0.05) is 50.6 Å². The minimum absolute atomic E-state index is 0.203. The molecule has 0 N–H and O–H groups in total. The van der Waals surface area contributed by atoms with Crippen LogP contribution >= 0.6 is 0 Å². The van der Waals surface area contributed by atoms with E-state index in [4.69, 9.17) is 4.18 Å². The van der Waals surface area contributed by atoms with Crippen LogP contribution in [-0.2, 0) is 27.1 Å². The summed E-state index contributed by atoms with van der Waals surface area (Å²) in [5.74, 6) is 0. The molecule has 1 rings (SSSR count). The highest BCUT2D eigenvalue weighted by molar-refractivity contribution is 7.89. The zero-order chi connectivity index (χ0) is 14.8. The average Bonchev–Trinajstić information content (AvgIpc) is 2.45. The van der Waals surface area contributed by atoms with Crippen molar-refractivity contribution in [1.29, 1.82) is 0 Å². The molecule has 0 saturated heterocycles. The van der Waals surface area contributed by atoms with Gasteiger partial charge in [0.25, 0.3) is 10.1 Å². The van der Waals surface area contributed by atoms with Crippen LogP contribution in [0.5, 0.6) is 0 Å². The van der Waals surface area contributed by atoms with Gasteiger partial charge in [-0.25, -0.2) is 0 Å². The van der Waals surface area contributed by atoms with Crippen LogP contribution in [0.25, 0.3) is 0 Å². The topological polar surface area (TPSA) is 43.4 Å². The highest BCUT2D eigenvalue weighted by Crippen LogP contribution is 2.11. The van der Waals surface area contributed by atoms with E-state index in [1.807, 2.05) is 0 Å². The molecule has 0 aliphatic heterocycles. The molecule has 1 aromatic carbocycles. The SMILES string of the molecule is C=CS(=O)(=O)OCCCc1cccc(CCCCC)c1. The predicted octanol–water partition coefficient (Wildman–Crippen LogP) is 3.84. The fraction of sp³-hybridized carbons (Fsp3) is 0.500. The van der Waals surface area contributed by atoms with Crippen LogP contribution in [0.4, 0.5) is 0 Å². The Kier molecular flexibility index (Phi) is 7.55. The maximum Gasteiger partial charge on any atom is 0.289 e. The van der Waals surface area contributed by atoms with Gasteiger partial charge in [0.1, 0.15) is 0 Å². The van der Waals surface area contributed by atoms with Gasteiger partial charge < -0.3 is 0 Å². The second-order valence-electron chi connectivity index (χ2n) is 4.86. The van der Waals surface area contributed by atoms with E-state index in [9.17, 15) is 8.42 Å². The third-order valence-corrected chi connectivity index (χ3v) is 4.03. The Morgan fingerprint density at radius 2 is 1.80 bits per heavy atom. The summed E-state index contributed by atoms with van der Waals surface area (Å²) in [6.07, 6.45) is 6.34. The molecule has 0 aromatic heterocycles. The van der Waals surface area contributed by atoms with E-state index in [1.54, 1.807) is 0 Å². The van der Waals surface area contributed by atoms with Gasteiger partial charge in [-0.15, -0.1) is 0 Å². The monoisotopic (exact) mass is 296 g/mol. The van der Waals surface area contributed by atoms with Gasteiger partial charge in [0, 0.05) is 0 Å². The lowest BCUT2D eigenvalue weighted by Crippen LogP contribution is -2.04. The highest BCUT2D eigenvalue weighted by atomic mass is 32.2. The van der Waals surface area contributed by atoms with E-state index in [-0.39, 0.29) is 6.61 Å². The fourth-order valence-electron chi connectivity index (χ4n) is 2.02. The summed E-state index contributed by atoms with van der Waals surface area (Å²) in [7, 11) is -3.53. The second kappa shape index (κ2) is 8.93. The minimum Gasteiger partial charge on any atom is -0.267 e. The summed E-state index contributed by atoms with van der Waals surface area (Å²) in [5, 5.41) is 0.835. The molecule has 4 heteroatoms. The fourth-order valence-corrected chi connectivity index (χ4v) is 2.47. The largest absolute Gasteiger partial charge is 0.289 e. The second-order valence-corrected chi connectivity index (χ2v) is 6.42. The lowest BCUT2D eigenvalue weighted by atomic mass is 10.0. The van der Waals surface area contributed by atoms with E-state index >= 15 is 0 Å². The Bertz CT molecular complexity index is 506. The number of benzene rings is 1. The number of hydrogen-bond acceptors (Lipinski definition) is 3. The number of unbranched alkanes of at least 4 members (excludes halogenated alkanes) is 2. The summed E-state index contributed by atoms with van der Waals surface area (Å²) < 4.78 is 26.9. The third-order valence-electron chi connectivity index (χ3n) is 3.12. The number of hydrogen-bond donors (Lipinski definition) is 0. The van der Waals surface area contributed by atoms with Crippen molar-refractivity contribution in [2.45, 2.75) is 45.4 Å². The van der Waals surface area contributed by atoms with Gasteiger partial charge >= 0.3 is 0 Å². The Hall–Kier alpha value is -1.13. The van der Waals surface area contributed by atoms with Crippen molar-refractivity contribution in [3.8, 4) is 0 Å². The molecular formula is C16H24O3S. The van der Waals surface area contributed by atoms with E-state index in [0.29, 0.717) is 6.42 Å². The molecule has 0 atom stereocenters. The van der Waals surface area contributed by atoms with Crippen LogP contribution in [0, 0.1) is 0 Å². The molecule has 0 radical (unpaired) electrons. The highest BCUT2D eigenvalue weighted by Gasteiger charge is 2.04. The first-order chi connectivity index (χ1) is 9.57. The van der Waals surface area contributed by atoms with Gasteiger partial charge in [-0.2, -0.15) is 8.42 Å². The lowest BCUT2D eigenvalue weighted by Gasteiger charge is -2.05. The molecule has 0 saturated carbocycles. The maximum absolute atomic E-state index is 11.1. The maximum atomic E-state index is 11.1. The van der Waals surface area contributed by atoms with Crippen molar-refractivity contribution < 1.29 is 12.6 Å². The summed E-state index contributed by atoms with van der Waals surface area (Å²) in [6.45, 7) is 5.61. The van der Waals surface area contributed by atoms with Crippen molar-refractivity contribution in [2.75, 3.05) is 6.61 Å². The van der Waals surface area contributed by atoms with Crippen LogP contribution in [0.15, 0.2) is 36.3 Å². The molecule has 0 spiro atoms. The van der Waals surface area contributed by atoms with Gasteiger partial charge in [-0.05, 0) is 36.8 Å². The average molecular weight is 296 g/mol. The Labute approximate surface area is 122 Å². The van der Waals surface area contributed by atoms with Crippen LogP contribution in [-0.4, -0.2) is 15.0 Å². The molecular weight excluding hydrogens is 272 g/mol. The van der Waals surface area contributed by atoms with E-state index in [1.165, 1.54) is 30.4 Å². The number of rotatable bonds is 10. The van der Waals surface area contributed by atoms with Crippen LogP contribution in [0.3, 0.4) is 0 Å². The van der Waals surface area contributed by atoms with E-state index in [0.717, 1.165) is 18.2 Å². The lowest BCUT2D eigenvalue weighted by molar-refractivity contribution is 0.318. The first-order valence-electron chi connectivity index (χ1n) is 7.17. The summed E-state index contributed by atoms with van der Waals surface area (Å²) in [5.41, 5.74) is 2.59. The zero-order valence-electron chi connectivity index (χ0n) is 12.2. The van der Waals surface area contributed by atoms with Crippen LogP contribution in [0.1, 0.15) is 43.7 Å². The molecule has 0 aliphatic rings. The summed E-state index contributed by atoms with van der Waals surface area (Å²) in [6, 6.07) is 8.50. The standard InChI is InChI=1S/C16H24O3S/c1-3-5-6-9-15-10-7-11-16(14-15)12-8-13-19-20(17,18)4-2/h4,7,10-11,14H,2-3,5-6,8-9,12-13H2,1H3. The van der Waals surface area contributed by atoms with Gasteiger partial charge in [0.2, 0.25) is 0 Å². The zero-order valence-corrected chi connectivity index (χ0v) is 13.0. The number of aryl methyl sites for hydroxylation is 2. The molecule has 0 amide bonds. The normalized spacial score (nSPS) is 11.4. The molecule has 0 bridgehead atoms. The molecule has 112 valence electrons. The molecule has 0 unspecified atom stereocenters. The summed E-state index contributed by atoms with van der Waals surface area (Å²) in [4.78, 5) is 0. The van der Waals surface area contributed by atoms with Crippen molar-refractivity contribution in [3.05, 3.63) is 47.4 Å². The molecule has 3 nitrogen and oxygen atoms in total. The molecule has 1 aromatic rings. The van der Waals surface area contributed by atoms with Gasteiger partial charge in [0.15, 0.2) is 0 Å². The quantitative estimate of drug-likeness (QED) is 0.486. The van der Waals surface area contributed by atoms with Crippen molar-refractivity contribution in [1.82, 2.24) is 0 Å². The van der Waals surface area contributed by atoms with Crippen molar-refractivity contribution >= 4 is 10.1 Å². The predicted molar refractivity (Wildman–Crippen MR) is 83.1 cm³/mol.